The highest BCUT2D eigenvalue weighted by Crippen LogP contribution is 2.18. The molecule has 0 aromatic heterocycles. The fourth-order valence-corrected chi connectivity index (χ4v) is 3.13. The van der Waals surface area contributed by atoms with Gasteiger partial charge in [-0.05, 0) is 78.1 Å². The summed E-state index contributed by atoms with van der Waals surface area (Å²) in [6.45, 7) is 2.66. The van der Waals surface area contributed by atoms with Crippen molar-refractivity contribution < 1.29 is 4.79 Å². The first kappa shape index (κ1) is 20.0. The smallest absolute Gasteiger partial charge is 0.267 e. The van der Waals surface area contributed by atoms with Crippen LogP contribution in [0.1, 0.15) is 24.0 Å². The molecule has 2 N–H and O–H groups in total. The average Bonchev–Trinajstić information content (AvgIpc) is 2.64. The van der Waals surface area contributed by atoms with Crippen molar-refractivity contribution in [1.82, 2.24) is 5.32 Å². The van der Waals surface area contributed by atoms with E-state index in [9.17, 15) is 10.1 Å². The summed E-state index contributed by atoms with van der Waals surface area (Å²) >= 11 is 2.22. The van der Waals surface area contributed by atoms with Crippen molar-refractivity contribution in [2.24, 2.45) is 0 Å². The molecule has 0 aliphatic carbocycles. The third-order valence-corrected chi connectivity index (χ3v) is 4.60. The number of carbonyl (C=O) groups excluding carboxylic acids is 1. The van der Waals surface area contributed by atoms with E-state index in [0.29, 0.717) is 0 Å². The van der Waals surface area contributed by atoms with Crippen LogP contribution in [0.4, 0.5) is 5.69 Å². The van der Waals surface area contributed by atoms with Crippen LogP contribution >= 0.6 is 22.6 Å². The summed E-state index contributed by atoms with van der Waals surface area (Å²) < 4.78 is 1.10. The Morgan fingerprint density at radius 1 is 1.19 bits per heavy atom. The zero-order chi connectivity index (χ0) is 18.8. The molecule has 0 spiro atoms. The van der Waals surface area contributed by atoms with E-state index < -0.39 is 5.91 Å². The number of hydrogen-bond acceptors (Lipinski definition) is 3. The maximum Gasteiger partial charge on any atom is 0.267 e. The fraction of sp³-hybridized carbons (Fsp3) is 0.238. The molecule has 0 aliphatic rings. The fourth-order valence-electron chi connectivity index (χ4n) is 2.48. The molecule has 5 heteroatoms. The molecule has 4 nitrogen and oxygen atoms in total. The summed E-state index contributed by atoms with van der Waals surface area (Å²) in [4.78, 5) is 12.2. The zero-order valence-corrected chi connectivity index (χ0v) is 16.9. The van der Waals surface area contributed by atoms with Gasteiger partial charge in [0, 0.05) is 22.0 Å². The van der Waals surface area contributed by atoms with Crippen molar-refractivity contribution in [2.45, 2.75) is 26.2 Å². The minimum absolute atomic E-state index is 0.0750. The predicted molar refractivity (Wildman–Crippen MR) is 114 cm³/mol. The number of unbranched alkanes of at least 4 members (excludes halogenated alkanes) is 1. The summed E-state index contributed by atoms with van der Waals surface area (Å²) in [6, 6.07) is 18.1. The maximum atomic E-state index is 12.2. The van der Waals surface area contributed by atoms with Crippen LogP contribution in [0.25, 0.3) is 0 Å². The molecule has 2 aromatic rings. The van der Waals surface area contributed by atoms with E-state index in [1.165, 1.54) is 11.8 Å². The van der Waals surface area contributed by atoms with E-state index >= 15 is 0 Å². The second-order valence-electron chi connectivity index (χ2n) is 5.98. The van der Waals surface area contributed by atoms with E-state index in [1.54, 1.807) is 0 Å². The highest BCUT2D eigenvalue weighted by atomic mass is 127. The monoisotopic (exact) mass is 459 g/mol. The van der Waals surface area contributed by atoms with Crippen LogP contribution in [0.5, 0.6) is 0 Å². The standard InChI is InChI=1S/C21H22IN3O/c1-16-13-19(22)10-11-20(16)25-21(26)18(14-23)15-24-12-6-5-9-17-7-3-2-4-8-17/h2-4,7-8,10-11,13,15,24H,5-6,9,12H2,1H3,(H,25,26)/b18-15-. The molecule has 0 aliphatic heterocycles. The predicted octanol–water partition coefficient (Wildman–Crippen LogP) is 4.56. The number of benzene rings is 2. The van der Waals surface area contributed by atoms with Crippen LogP contribution in [-0.2, 0) is 11.2 Å². The van der Waals surface area contributed by atoms with Crippen LogP contribution in [0.15, 0.2) is 60.3 Å². The van der Waals surface area contributed by atoms with Gasteiger partial charge in [0.25, 0.3) is 5.91 Å². The van der Waals surface area contributed by atoms with Gasteiger partial charge in [-0.25, -0.2) is 0 Å². The summed E-state index contributed by atoms with van der Waals surface area (Å²) in [5, 5.41) is 15.1. The van der Waals surface area contributed by atoms with Crippen molar-refractivity contribution in [2.75, 3.05) is 11.9 Å². The molecule has 2 aromatic carbocycles. The lowest BCUT2D eigenvalue weighted by Crippen LogP contribution is -2.17. The van der Waals surface area contributed by atoms with Gasteiger partial charge in [-0.1, -0.05) is 30.3 Å². The van der Waals surface area contributed by atoms with Crippen LogP contribution < -0.4 is 10.6 Å². The van der Waals surface area contributed by atoms with Crippen LogP contribution in [0.2, 0.25) is 0 Å². The number of nitrogens with zero attached hydrogens (tertiary/aromatic N) is 1. The topological polar surface area (TPSA) is 64.9 Å². The number of nitriles is 1. The molecule has 0 atom stereocenters. The first-order valence-electron chi connectivity index (χ1n) is 8.55. The second-order valence-corrected chi connectivity index (χ2v) is 7.23. The Kier molecular flexibility index (Phi) is 8.16. The molecule has 0 unspecified atom stereocenters. The van der Waals surface area contributed by atoms with Gasteiger partial charge < -0.3 is 10.6 Å². The maximum absolute atomic E-state index is 12.2. The third-order valence-electron chi connectivity index (χ3n) is 3.93. The molecular formula is C21H22IN3O. The Morgan fingerprint density at radius 2 is 1.96 bits per heavy atom. The Hall–Kier alpha value is -2.33. The Labute approximate surface area is 168 Å². The number of rotatable bonds is 8. The van der Waals surface area contributed by atoms with E-state index in [2.05, 4.69) is 45.4 Å². The van der Waals surface area contributed by atoms with Gasteiger partial charge in [0.2, 0.25) is 0 Å². The molecule has 0 radical (unpaired) electrons. The summed E-state index contributed by atoms with van der Waals surface area (Å²) in [5.41, 5.74) is 3.09. The lowest BCUT2D eigenvalue weighted by atomic mass is 10.1. The second kappa shape index (κ2) is 10.6. The number of carbonyl (C=O) groups is 1. The van der Waals surface area contributed by atoms with Crippen molar-refractivity contribution >= 4 is 34.2 Å². The van der Waals surface area contributed by atoms with Crippen molar-refractivity contribution in [3.63, 3.8) is 0 Å². The lowest BCUT2D eigenvalue weighted by Gasteiger charge is -2.08. The SMILES string of the molecule is Cc1cc(I)ccc1NC(=O)/C(C#N)=C\NCCCCc1ccccc1. The van der Waals surface area contributed by atoms with Crippen LogP contribution in [0.3, 0.4) is 0 Å². The quantitative estimate of drug-likeness (QED) is 0.263. The summed E-state index contributed by atoms with van der Waals surface area (Å²) in [6.07, 6.45) is 4.56. The number of hydrogen-bond donors (Lipinski definition) is 2. The van der Waals surface area contributed by atoms with Gasteiger partial charge >= 0.3 is 0 Å². The number of aryl methyl sites for hydroxylation is 2. The Bertz CT molecular complexity index is 810. The average molecular weight is 459 g/mol. The van der Waals surface area contributed by atoms with E-state index in [-0.39, 0.29) is 5.57 Å². The van der Waals surface area contributed by atoms with Crippen LogP contribution in [-0.4, -0.2) is 12.5 Å². The molecule has 0 saturated carbocycles. The number of amides is 1. The number of halogens is 1. The molecule has 0 bridgehead atoms. The van der Waals surface area contributed by atoms with Crippen LogP contribution in [0, 0.1) is 21.8 Å². The molecule has 2 rings (SSSR count). The number of anilines is 1. The van der Waals surface area contributed by atoms with Crippen molar-refractivity contribution in [3.8, 4) is 6.07 Å². The minimum Gasteiger partial charge on any atom is -0.390 e. The van der Waals surface area contributed by atoms with E-state index in [4.69, 9.17) is 0 Å². The first-order valence-corrected chi connectivity index (χ1v) is 9.63. The van der Waals surface area contributed by atoms with Gasteiger partial charge in [-0.3, -0.25) is 4.79 Å². The van der Waals surface area contributed by atoms with Gasteiger partial charge in [0.15, 0.2) is 0 Å². The van der Waals surface area contributed by atoms with Gasteiger partial charge in [-0.15, -0.1) is 0 Å². The zero-order valence-electron chi connectivity index (χ0n) is 14.8. The Balaban J connectivity index is 1.78. The highest BCUT2D eigenvalue weighted by molar-refractivity contribution is 14.1. The van der Waals surface area contributed by atoms with Gasteiger partial charge in [0.05, 0.1) is 0 Å². The molecule has 0 fully saturated rings. The normalized spacial score (nSPS) is 10.9. The number of nitrogens with one attached hydrogen (secondary N) is 2. The molecule has 0 saturated heterocycles. The third kappa shape index (κ3) is 6.52. The van der Waals surface area contributed by atoms with E-state index in [0.717, 1.165) is 40.6 Å². The van der Waals surface area contributed by atoms with Gasteiger partial charge in [0.1, 0.15) is 11.6 Å². The first-order chi connectivity index (χ1) is 12.6. The van der Waals surface area contributed by atoms with E-state index in [1.807, 2.05) is 49.4 Å². The van der Waals surface area contributed by atoms with Crippen molar-refractivity contribution in [3.05, 3.63) is 75.0 Å². The summed E-state index contributed by atoms with van der Waals surface area (Å²) in [7, 11) is 0. The molecule has 0 heterocycles. The molecule has 26 heavy (non-hydrogen) atoms. The molecule has 1 amide bonds. The molecule has 134 valence electrons. The molecular weight excluding hydrogens is 437 g/mol. The van der Waals surface area contributed by atoms with Gasteiger partial charge in [-0.2, -0.15) is 5.26 Å². The largest absolute Gasteiger partial charge is 0.390 e. The lowest BCUT2D eigenvalue weighted by molar-refractivity contribution is -0.112. The summed E-state index contributed by atoms with van der Waals surface area (Å²) in [5.74, 6) is -0.395. The minimum atomic E-state index is -0.395. The highest BCUT2D eigenvalue weighted by Gasteiger charge is 2.10. The Morgan fingerprint density at radius 3 is 2.65 bits per heavy atom. The van der Waals surface area contributed by atoms with Crippen molar-refractivity contribution in [1.29, 1.82) is 5.26 Å².